The summed E-state index contributed by atoms with van der Waals surface area (Å²) in [6.07, 6.45) is -6.74. The second-order valence-corrected chi connectivity index (χ2v) is 6.07. The first-order valence-electron chi connectivity index (χ1n) is 6.32. The Labute approximate surface area is 131 Å². The van der Waals surface area contributed by atoms with Crippen LogP contribution in [0.5, 0.6) is 0 Å². The van der Waals surface area contributed by atoms with Gasteiger partial charge in [-0.05, 0) is 0 Å². The summed E-state index contributed by atoms with van der Waals surface area (Å²) < 4.78 is 20.3. The fraction of sp³-hybridized carbons (Fsp3) is 0.500. The Hall–Kier alpha value is -1.86. The summed E-state index contributed by atoms with van der Waals surface area (Å²) >= 11 is 0. The van der Waals surface area contributed by atoms with E-state index >= 15 is 0 Å². The predicted molar refractivity (Wildman–Crippen MR) is 72.2 cm³/mol. The molecule has 1 aromatic heterocycles. The van der Waals surface area contributed by atoms with E-state index in [1.165, 1.54) is 0 Å². The molecule has 134 valence electrons. The molecule has 0 spiro atoms. The highest BCUT2D eigenvalue weighted by molar-refractivity contribution is 7.46. The van der Waals surface area contributed by atoms with Crippen molar-refractivity contribution in [2.45, 2.75) is 24.5 Å². The molecule has 13 nitrogen and oxygen atoms in total. The number of carboxylic acids is 1. The van der Waals surface area contributed by atoms with Crippen molar-refractivity contribution in [1.82, 2.24) is 9.55 Å². The SMILES string of the molecule is O=C(O)c1cc(=O)[nH]c(=O)n1[C@@H]1O[C@H](COP(=O)(O)O)[C@H](O)[C@@H]1O. The molecule has 0 unspecified atom stereocenters. The molecule has 1 aromatic rings. The molecule has 0 amide bonds. The third kappa shape index (κ3) is 3.79. The maximum Gasteiger partial charge on any atom is 0.469 e. The van der Waals surface area contributed by atoms with Gasteiger partial charge < -0.3 is 29.8 Å². The Morgan fingerprint density at radius 3 is 2.50 bits per heavy atom. The van der Waals surface area contributed by atoms with Gasteiger partial charge in [0.1, 0.15) is 24.0 Å². The average molecular weight is 368 g/mol. The largest absolute Gasteiger partial charge is 0.477 e. The van der Waals surface area contributed by atoms with Gasteiger partial charge in [0.2, 0.25) is 0 Å². The molecule has 14 heteroatoms. The molecule has 6 N–H and O–H groups in total. The first kappa shape index (κ1) is 18.5. The van der Waals surface area contributed by atoms with Gasteiger partial charge in [0.05, 0.1) is 6.61 Å². The number of nitrogens with zero attached hydrogens (tertiary/aromatic N) is 1. The number of hydrogen-bond acceptors (Lipinski definition) is 8. The molecule has 0 aliphatic carbocycles. The first-order chi connectivity index (χ1) is 11.0. The number of nitrogens with one attached hydrogen (secondary N) is 1. The van der Waals surface area contributed by atoms with Crippen LogP contribution in [0.1, 0.15) is 16.7 Å². The van der Waals surface area contributed by atoms with Gasteiger partial charge in [-0.3, -0.25) is 18.9 Å². The van der Waals surface area contributed by atoms with Crippen molar-refractivity contribution in [2.75, 3.05) is 6.61 Å². The first-order valence-corrected chi connectivity index (χ1v) is 7.85. The van der Waals surface area contributed by atoms with Crippen molar-refractivity contribution in [1.29, 1.82) is 0 Å². The number of phosphoric ester groups is 1. The number of ether oxygens (including phenoxy) is 1. The van der Waals surface area contributed by atoms with E-state index in [0.29, 0.717) is 10.6 Å². The lowest BCUT2D eigenvalue weighted by Crippen LogP contribution is -2.40. The number of rotatable bonds is 5. The lowest BCUT2D eigenvalue weighted by molar-refractivity contribution is -0.0555. The van der Waals surface area contributed by atoms with Gasteiger partial charge >= 0.3 is 19.5 Å². The monoisotopic (exact) mass is 368 g/mol. The van der Waals surface area contributed by atoms with Crippen LogP contribution in [0, 0.1) is 0 Å². The molecule has 0 saturated carbocycles. The molecule has 1 saturated heterocycles. The molecule has 0 radical (unpaired) electrons. The van der Waals surface area contributed by atoms with Gasteiger partial charge in [0.25, 0.3) is 5.56 Å². The van der Waals surface area contributed by atoms with E-state index in [1.54, 1.807) is 4.98 Å². The summed E-state index contributed by atoms with van der Waals surface area (Å²) in [4.78, 5) is 53.2. The summed E-state index contributed by atoms with van der Waals surface area (Å²) in [5.41, 5.74) is -3.02. The van der Waals surface area contributed by atoms with E-state index in [4.69, 9.17) is 19.6 Å². The number of phosphoric acid groups is 1. The van der Waals surface area contributed by atoms with Gasteiger partial charge in [-0.2, -0.15) is 0 Å². The summed E-state index contributed by atoms with van der Waals surface area (Å²) in [7, 11) is -4.88. The van der Waals surface area contributed by atoms with Crippen LogP contribution in [0.3, 0.4) is 0 Å². The van der Waals surface area contributed by atoms with Gasteiger partial charge in [-0.25, -0.2) is 14.2 Å². The second kappa shape index (κ2) is 6.57. The number of aromatic amines is 1. The average Bonchev–Trinajstić information content (AvgIpc) is 2.71. The number of aromatic nitrogens is 2. The molecule has 24 heavy (non-hydrogen) atoms. The third-order valence-corrected chi connectivity index (χ3v) is 3.68. The number of aliphatic hydroxyl groups is 2. The van der Waals surface area contributed by atoms with Crippen molar-refractivity contribution >= 4 is 13.8 Å². The van der Waals surface area contributed by atoms with Gasteiger partial charge in [-0.1, -0.05) is 0 Å². The summed E-state index contributed by atoms with van der Waals surface area (Å²) in [5.74, 6) is -1.67. The van der Waals surface area contributed by atoms with Crippen LogP contribution in [0.2, 0.25) is 0 Å². The number of H-pyrrole nitrogens is 1. The molecular formula is C10H13N2O11P. The van der Waals surface area contributed by atoms with Crippen LogP contribution in [-0.2, 0) is 13.8 Å². The minimum Gasteiger partial charge on any atom is -0.477 e. The minimum absolute atomic E-state index is 0.398. The van der Waals surface area contributed by atoms with Crippen LogP contribution in [-0.4, -0.2) is 65.5 Å². The summed E-state index contributed by atoms with van der Waals surface area (Å²) in [5, 5.41) is 28.8. The van der Waals surface area contributed by atoms with E-state index in [9.17, 15) is 29.2 Å². The topological polar surface area (TPSA) is 209 Å². The molecule has 0 aromatic carbocycles. The van der Waals surface area contributed by atoms with Crippen molar-refractivity contribution in [2.24, 2.45) is 0 Å². The smallest absolute Gasteiger partial charge is 0.469 e. The Kier molecular flexibility index (Phi) is 5.05. The Morgan fingerprint density at radius 1 is 1.33 bits per heavy atom. The highest BCUT2D eigenvalue weighted by atomic mass is 31.2. The zero-order chi connectivity index (χ0) is 18.2. The fourth-order valence-electron chi connectivity index (χ4n) is 2.17. The normalized spacial score (nSPS) is 27.3. The van der Waals surface area contributed by atoms with Gasteiger partial charge in [0, 0.05) is 6.07 Å². The molecule has 0 bridgehead atoms. The zero-order valence-corrected chi connectivity index (χ0v) is 12.6. The number of aliphatic hydroxyl groups excluding tert-OH is 2. The highest BCUT2D eigenvalue weighted by Crippen LogP contribution is 2.38. The number of carbonyl (C=O) groups is 1. The lowest BCUT2D eigenvalue weighted by atomic mass is 10.1. The number of hydrogen-bond donors (Lipinski definition) is 6. The summed E-state index contributed by atoms with van der Waals surface area (Å²) in [6.45, 7) is -0.834. The number of aromatic carboxylic acids is 1. The van der Waals surface area contributed by atoms with E-state index in [-0.39, 0.29) is 0 Å². The lowest BCUT2D eigenvalue weighted by Gasteiger charge is -2.19. The van der Waals surface area contributed by atoms with Crippen molar-refractivity contribution < 1.29 is 43.7 Å². The highest BCUT2D eigenvalue weighted by Gasteiger charge is 2.46. The van der Waals surface area contributed by atoms with E-state index < -0.39 is 61.9 Å². The minimum atomic E-state index is -4.88. The zero-order valence-electron chi connectivity index (χ0n) is 11.7. The molecule has 1 fully saturated rings. The van der Waals surface area contributed by atoms with Crippen LogP contribution in [0.4, 0.5) is 0 Å². The van der Waals surface area contributed by atoms with Crippen LogP contribution in [0.15, 0.2) is 15.7 Å². The van der Waals surface area contributed by atoms with Crippen molar-refractivity contribution in [3.8, 4) is 0 Å². The van der Waals surface area contributed by atoms with E-state index in [1.807, 2.05) is 0 Å². The van der Waals surface area contributed by atoms with Crippen LogP contribution < -0.4 is 11.2 Å². The van der Waals surface area contributed by atoms with Crippen LogP contribution >= 0.6 is 7.82 Å². The molecule has 2 rings (SSSR count). The maximum atomic E-state index is 11.8. The Balaban J connectivity index is 2.37. The Morgan fingerprint density at radius 2 is 1.96 bits per heavy atom. The molecule has 1 aliphatic heterocycles. The quantitative estimate of drug-likeness (QED) is 0.288. The predicted octanol–water partition coefficient (Wildman–Crippen LogP) is -3.04. The standard InChI is InChI=1S/C10H13N2O11P/c13-5-1-3(9(16)17)12(10(18)11-5)8-7(15)6(14)4(23-8)2-22-24(19,20)21/h1,4,6-8,14-15H,2H2,(H,16,17)(H,11,13,18)(H2,19,20,21)/t4-,6+,7+,8-/m1/s1. The van der Waals surface area contributed by atoms with Gasteiger partial charge in [0.15, 0.2) is 6.23 Å². The van der Waals surface area contributed by atoms with Crippen molar-refractivity contribution in [3.63, 3.8) is 0 Å². The summed E-state index contributed by atoms with van der Waals surface area (Å²) in [6, 6.07) is 0.575. The van der Waals surface area contributed by atoms with Gasteiger partial charge in [-0.15, -0.1) is 0 Å². The molecule has 1 aliphatic rings. The van der Waals surface area contributed by atoms with Crippen LogP contribution in [0.25, 0.3) is 0 Å². The maximum absolute atomic E-state index is 11.8. The van der Waals surface area contributed by atoms with E-state index in [0.717, 1.165) is 0 Å². The van der Waals surface area contributed by atoms with Crippen molar-refractivity contribution in [3.05, 3.63) is 32.6 Å². The van der Waals surface area contributed by atoms with E-state index in [2.05, 4.69) is 4.52 Å². The molecule has 2 heterocycles. The fourth-order valence-corrected chi connectivity index (χ4v) is 2.51. The third-order valence-electron chi connectivity index (χ3n) is 3.19. The second-order valence-electron chi connectivity index (χ2n) is 4.83. The number of carboxylic acid groups (broad SMARTS) is 1. The molecular weight excluding hydrogens is 355 g/mol. The Bertz CT molecular complexity index is 795. The molecule has 4 atom stereocenters.